The predicted molar refractivity (Wildman–Crippen MR) is 64.2 cm³/mol. The molecule has 0 aliphatic rings. The Balaban J connectivity index is 4.86. The highest BCUT2D eigenvalue weighted by atomic mass is 15.1. The molecule has 0 aliphatic carbocycles. The molecule has 0 bridgehead atoms. The Labute approximate surface area is 87.3 Å². The zero-order valence-corrected chi connectivity index (χ0v) is 9.62. The van der Waals surface area contributed by atoms with Crippen LogP contribution in [0.1, 0.15) is 20.8 Å². The Hall–Kier alpha value is -1.31. The van der Waals surface area contributed by atoms with E-state index in [-0.39, 0.29) is 0 Å². The van der Waals surface area contributed by atoms with Crippen LogP contribution in [0.4, 0.5) is 0 Å². The summed E-state index contributed by atoms with van der Waals surface area (Å²) in [6.45, 7) is 13.7. The molecule has 0 heterocycles. The van der Waals surface area contributed by atoms with Gasteiger partial charge in [0.2, 0.25) is 0 Å². The minimum absolute atomic E-state index is 0.531. The molecule has 2 heteroatoms. The van der Waals surface area contributed by atoms with Gasteiger partial charge in [0.1, 0.15) is 5.84 Å². The van der Waals surface area contributed by atoms with Crippen LogP contribution in [0.2, 0.25) is 0 Å². The molecule has 0 aromatic carbocycles. The number of likely N-dealkylation sites (N-methyl/N-ethyl adjacent to an activating group) is 1. The summed E-state index contributed by atoms with van der Waals surface area (Å²) < 4.78 is 0. The second-order valence-electron chi connectivity index (χ2n) is 3.51. The summed E-state index contributed by atoms with van der Waals surface area (Å²) in [5.74, 6) is 1.39. The minimum Gasteiger partial charge on any atom is -0.337 e. The van der Waals surface area contributed by atoms with Gasteiger partial charge in [0, 0.05) is 13.2 Å². The van der Waals surface area contributed by atoms with Crippen molar-refractivity contribution in [2.24, 2.45) is 10.9 Å². The fourth-order valence-electron chi connectivity index (χ4n) is 0.788. The third kappa shape index (κ3) is 4.08. The van der Waals surface area contributed by atoms with Crippen LogP contribution in [-0.4, -0.2) is 17.8 Å². The molecule has 0 aromatic heterocycles. The predicted octanol–water partition coefficient (Wildman–Crippen LogP) is 3.21. The lowest BCUT2D eigenvalue weighted by atomic mass is 10.1. The third-order valence-electron chi connectivity index (χ3n) is 2.13. The van der Waals surface area contributed by atoms with Gasteiger partial charge in [-0.2, -0.15) is 0 Å². The van der Waals surface area contributed by atoms with Crippen molar-refractivity contribution in [3.63, 3.8) is 0 Å². The number of nitrogens with zero attached hydrogens (tertiary/aromatic N) is 2. The third-order valence-corrected chi connectivity index (χ3v) is 2.13. The first-order chi connectivity index (χ1) is 6.52. The molecule has 0 radical (unpaired) electrons. The molecule has 0 aromatic rings. The molecule has 0 fully saturated rings. The quantitative estimate of drug-likeness (QED) is 0.493. The van der Waals surface area contributed by atoms with Gasteiger partial charge in [-0.3, -0.25) is 0 Å². The van der Waals surface area contributed by atoms with E-state index < -0.39 is 0 Å². The highest BCUT2D eigenvalue weighted by Crippen LogP contribution is 2.09. The molecule has 0 amide bonds. The topological polar surface area (TPSA) is 15.6 Å². The van der Waals surface area contributed by atoms with Gasteiger partial charge < -0.3 is 4.90 Å². The average Bonchev–Trinajstić information content (AvgIpc) is 2.15. The van der Waals surface area contributed by atoms with E-state index in [0.29, 0.717) is 5.92 Å². The van der Waals surface area contributed by atoms with Gasteiger partial charge in [-0.25, -0.2) is 4.99 Å². The van der Waals surface area contributed by atoms with Crippen LogP contribution < -0.4 is 0 Å². The zero-order valence-electron chi connectivity index (χ0n) is 9.62. The maximum Gasteiger partial charge on any atom is 0.132 e. The molecule has 0 saturated heterocycles. The van der Waals surface area contributed by atoms with Crippen molar-refractivity contribution in [3.8, 4) is 0 Å². The summed E-state index contributed by atoms with van der Waals surface area (Å²) >= 11 is 0. The molecular weight excluding hydrogens is 172 g/mol. The van der Waals surface area contributed by atoms with Crippen molar-refractivity contribution in [2.75, 3.05) is 7.05 Å². The van der Waals surface area contributed by atoms with Gasteiger partial charge >= 0.3 is 0 Å². The molecule has 78 valence electrons. The molecule has 0 unspecified atom stereocenters. The van der Waals surface area contributed by atoms with Gasteiger partial charge in [0.05, 0.1) is 0 Å². The van der Waals surface area contributed by atoms with Gasteiger partial charge in [0.25, 0.3) is 0 Å². The first-order valence-electron chi connectivity index (χ1n) is 4.75. The lowest BCUT2D eigenvalue weighted by Crippen LogP contribution is -2.18. The van der Waals surface area contributed by atoms with E-state index >= 15 is 0 Å². The van der Waals surface area contributed by atoms with Crippen molar-refractivity contribution in [1.82, 2.24) is 4.90 Å². The summed E-state index contributed by atoms with van der Waals surface area (Å²) in [6, 6.07) is 0. The fraction of sp³-hybridized carbons (Fsp3) is 0.417. The molecule has 14 heavy (non-hydrogen) atoms. The number of rotatable bonds is 4. The number of hydrogen-bond donors (Lipinski definition) is 0. The van der Waals surface area contributed by atoms with E-state index in [0.717, 1.165) is 5.84 Å². The highest BCUT2D eigenvalue weighted by Gasteiger charge is 2.02. The van der Waals surface area contributed by atoms with Crippen LogP contribution in [0.5, 0.6) is 0 Å². The van der Waals surface area contributed by atoms with Crippen LogP contribution in [-0.2, 0) is 0 Å². The van der Waals surface area contributed by atoms with E-state index in [4.69, 9.17) is 0 Å². The second kappa shape index (κ2) is 6.19. The zero-order chi connectivity index (χ0) is 11.1. The van der Waals surface area contributed by atoms with Crippen molar-refractivity contribution < 1.29 is 0 Å². The van der Waals surface area contributed by atoms with Crippen molar-refractivity contribution in [1.29, 1.82) is 0 Å². The maximum absolute atomic E-state index is 4.18. The van der Waals surface area contributed by atoms with E-state index in [9.17, 15) is 0 Å². The SMILES string of the molecule is C=C/N=C(/C=C(\C)C(C)C)N(C)C=C. The van der Waals surface area contributed by atoms with Crippen LogP contribution in [0.25, 0.3) is 0 Å². The summed E-state index contributed by atoms with van der Waals surface area (Å²) in [4.78, 5) is 6.04. The van der Waals surface area contributed by atoms with Gasteiger partial charge in [0.15, 0.2) is 0 Å². The number of allylic oxidation sites excluding steroid dienone is 1. The molecule has 0 rings (SSSR count). The van der Waals surface area contributed by atoms with Crippen LogP contribution in [0, 0.1) is 5.92 Å². The van der Waals surface area contributed by atoms with Gasteiger partial charge in [-0.05, 0) is 25.1 Å². The van der Waals surface area contributed by atoms with Crippen LogP contribution in [0.15, 0.2) is 42.2 Å². The molecule has 0 saturated carbocycles. The van der Waals surface area contributed by atoms with E-state index in [1.807, 2.05) is 18.0 Å². The molecule has 2 nitrogen and oxygen atoms in total. The Morgan fingerprint density at radius 1 is 1.36 bits per heavy atom. The van der Waals surface area contributed by atoms with Crippen LogP contribution >= 0.6 is 0 Å². The normalized spacial score (nSPS) is 12.9. The summed E-state index contributed by atoms with van der Waals surface area (Å²) in [5, 5.41) is 0. The first-order valence-corrected chi connectivity index (χ1v) is 4.75. The standard InChI is InChI=1S/C12H20N2/c1-7-13-12(14(6)8-2)9-11(5)10(3)4/h7-10H,1-2H2,3-6H3/b11-9+,13-12-. The van der Waals surface area contributed by atoms with Crippen LogP contribution in [0.3, 0.4) is 0 Å². The number of hydrogen-bond acceptors (Lipinski definition) is 1. The number of amidine groups is 1. The molecule has 0 N–H and O–H groups in total. The second-order valence-corrected chi connectivity index (χ2v) is 3.51. The lowest BCUT2D eigenvalue weighted by molar-refractivity contribution is 0.690. The first kappa shape index (κ1) is 12.7. The number of aliphatic imine (C=N–C) groups is 1. The van der Waals surface area contributed by atoms with Crippen molar-refractivity contribution in [2.45, 2.75) is 20.8 Å². The Kier molecular flexibility index (Phi) is 5.61. The summed E-state index contributed by atoms with van der Waals surface area (Å²) in [7, 11) is 1.92. The molecule has 0 spiro atoms. The Morgan fingerprint density at radius 3 is 2.29 bits per heavy atom. The van der Waals surface area contributed by atoms with Gasteiger partial charge in [-0.15, -0.1) is 0 Å². The van der Waals surface area contributed by atoms with Crippen molar-refractivity contribution >= 4 is 5.84 Å². The van der Waals surface area contributed by atoms with E-state index in [1.54, 1.807) is 12.4 Å². The largest absolute Gasteiger partial charge is 0.337 e. The highest BCUT2D eigenvalue weighted by molar-refractivity contribution is 5.94. The molecule has 0 aliphatic heterocycles. The monoisotopic (exact) mass is 192 g/mol. The summed E-state index contributed by atoms with van der Waals surface area (Å²) in [5.41, 5.74) is 1.29. The Bertz CT molecular complexity index is 259. The molecular formula is C12H20N2. The smallest absolute Gasteiger partial charge is 0.132 e. The maximum atomic E-state index is 4.18. The van der Waals surface area contributed by atoms with E-state index in [2.05, 4.69) is 38.9 Å². The fourth-order valence-corrected chi connectivity index (χ4v) is 0.788. The van der Waals surface area contributed by atoms with E-state index in [1.165, 1.54) is 5.57 Å². The molecule has 0 atom stereocenters. The van der Waals surface area contributed by atoms with Gasteiger partial charge in [-0.1, -0.05) is 32.6 Å². The van der Waals surface area contributed by atoms with Crippen molar-refractivity contribution in [3.05, 3.63) is 37.2 Å². The Morgan fingerprint density at radius 2 is 1.93 bits per heavy atom. The minimum atomic E-state index is 0.531. The lowest BCUT2D eigenvalue weighted by Gasteiger charge is -2.14. The average molecular weight is 192 g/mol. The summed E-state index contributed by atoms with van der Waals surface area (Å²) in [6.07, 6.45) is 5.32.